The van der Waals surface area contributed by atoms with Crippen molar-refractivity contribution in [2.45, 2.75) is 57.6 Å². The number of aliphatic imine (C=N–C) groups is 1. The second-order valence-corrected chi connectivity index (χ2v) is 15.0. The summed E-state index contributed by atoms with van der Waals surface area (Å²) in [4.78, 5) is 45.1. The van der Waals surface area contributed by atoms with Crippen LogP contribution in [-0.2, 0) is 19.5 Å². The lowest BCUT2D eigenvalue weighted by molar-refractivity contribution is 0.0599. The van der Waals surface area contributed by atoms with Crippen LogP contribution < -0.4 is 10.6 Å². The number of hydrogen-bond acceptors (Lipinski definition) is 7. The van der Waals surface area contributed by atoms with E-state index in [2.05, 4.69) is 4.99 Å². The van der Waals surface area contributed by atoms with Crippen molar-refractivity contribution in [3.63, 3.8) is 0 Å². The summed E-state index contributed by atoms with van der Waals surface area (Å²) in [5.74, 6) is -0.791. The summed E-state index contributed by atoms with van der Waals surface area (Å²) in [6.45, 7) is 10.6. The number of rotatable bonds is 4. The molecule has 0 aromatic heterocycles. The van der Waals surface area contributed by atoms with Gasteiger partial charge in [-0.3, -0.25) is 4.79 Å². The van der Waals surface area contributed by atoms with Gasteiger partial charge in [-0.05, 0) is 101 Å². The molecule has 0 bridgehead atoms. The van der Waals surface area contributed by atoms with E-state index in [1.165, 1.54) is 28.6 Å². The Morgan fingerprint density at radius 1 is 0.826 bits per heavy atom. The average molecular weight is 672 g/mol. The van der Waals surface area contributed by atoms with Crippen molar-refractivity contribution in [3.8, 4) is 0 Å². The molecule has 246 valence electrons. The van der Waals surface area contributed by atoms with E-state index in [4.69, 9.17) is 26.8 Å². The molecule has 0 unspecified atom stereocenters. The molecule has 3 amide bonds. The second kappa shape index (κ2) is 13.3. The predicted molar refractivity (Wildman–Crippen MR) is 177 cm³/mol. The Bertz CT molecular complexity index is 1770. The lowest BCUT2D eigenvalue weighted by Crippen LogP contribution is -2.50. The number of hydrogen-bond donors (Lipinski definition) is 1. The first kappa shape index (κ1) is 34.7. The third-order valence-corrected chi connectivity index (χ3v) is 8.84. The number of guanidine groups is 1. The smallest absolute Gasteiger partial charge is 0.437 e. The first-order chi connectivity index (χ1) is 21.3. The molecule has 1 heterocycles. The van der Waals surface area contributed by atoms with E-state index in [9.17, 15) is 22.8 Å². The zero-order valence-corrected chi connectivity index (χ0v) is 28.2. The summed E-state index contributed by atoms with van der Waals surface area (Å²) in [6.07, 6.45) is -1.87. The maximum absolute atomic E-state index is 13.4. The van der Waals surface area contributed by atoms with E-state index in [0.29, 0.717) is 10.6 Å². The Balaban J connectivity index is 1.47. The molecule has 1 saturated heterocycles. The molecule has 0 radical (unpaired) electrons. The van der Waals surface area contributed by atoms with Crippen LogP contribution in [0.3, 0.4) is 0 Å². The van der Waals surface area contributed by atoms with Crippen LogP contribution in [0.25, 0.3) is 10.8 Å². The Kier molecular flexibility index (Phi) is 10.00. The van der Waals surface area contributed by atoms with Gasteiger partial charge in [-0.15, -0.1) is 4.99 Å². The first-order valence-corrected chi connectivity index (χ1v) is 16.3. The molecule has 12 nitrogen and oxygen atoms in total. The fourth-order valence-corrected chi connectivity index (χ4v) is 6.28. The number of amides is 3. The summed E-state index contributed by atoms with van der Waals surface area (Å²) in [5.41, 5.74) is 4.86. The van der Waals surface area contributed by atoms with Gasteiger partial charge in [0.15, 0.2) is 0 Å². The third kappa shape index (κ3) is 8.53. The Morgan fingerprint density at radius 2 is 1.39 bits per heavy atom. The van der Waals surface area contributed by atoms with Crippen molar-refractivity contribution in [1.82, 2.24) is 9.21 Å². The standard InChI is InChI=1S/C32H38ClN5O7S/c1-31(2,3)44-29(40)35-28(34)38(30(41)45-32(4,5)6)25-12-8-21(9-13-25)27(39)36-15-17-37(18-16-36)46(42,43)26-14-10-22-19-24(33)11-7-23(22)20-26/h7-14,19-20H,15-18H2,1-6H3,(H2,34,35,40). The lowest BCUT2D eigenvalue weighted by Gasteiger charge is -2.34. The minimum Gasteiger partial charge on any atom is -0.443 e. The number of piperazine rings is 1. The van der Waals surface area contributed by atoms with Gasteiger partial charge < -0.3 is 20.1 Å². The van der Waals surface area contributed by atoms with Gasteiger partial charge in [-0.2, -0.15) is 4.31 Å². The molecule has 0 saturated carbocycles. The summed E-state index contributed by atoms with van der Waals surface area (Å²) < 4.78 is 38.8. The zero-order valence-electron chi connectivity index (χ0n) is 26.6. The molecule has 1 fully saturated rings. The highest BCUT2D eigenvalue weighted by Gasteiger charge is 2.32. The monoisotopic (exact) mass is 671 g/mol. The minimum absolute atomic E-state index is 0.120. The van der Waals surface area contributed by atoms with Gasteiger partial charge in [0.1, 0.15) is 11.2 Å². The Labute approximate surface area is 273 Å². The predicted octanol–water partition coefficient (Wildman–Crippen LogP) is 5.63. The van der Waals surface area contributed by atoms with Gasteiger partial charge in [0.05, 0.1) is 10.6 Å². The number of carbonyl (C=O) groups is 3. The van der Waals surface area contributed by atoms with E-state index in [-0.39, 0.29) is 42.7 Å². The molecule has 4 rings (SSSR count). The van der Waals surface area contributed by atoms with Gasteiger partial charge >= 0.3 is 12.2 Å². The van der Waals surface area contributed by atoms with Gasteiger partial charge in [0, 0.05) is 36.8 Å². The molecule has 3 aromatic carbocycles. The number of benzene rings is 3. The van der Waals surface area contributed by atoms with Crippen LogP contribution in [0.15, 0.2) is 70.6 Å². The van der Waals surface area contributed by atoms with Gasteiger partial charge in [0.2, 0.25) is 16.0 Å². The van der Waals surface area contributed by atoms with Crippen molar-refractivity contribution in [1.29, 1.82) is 0 Å². The summed E-state index contributed by atoms with van der Waals surface area (Å²) in [7, 11) is -3.78. The molecule has 1 aliphatic rings. The number of nitrogens with zero attached hydrogens (tertiary/aromatic N) is 4. The van der Waals surface area contributed by atoms with Gasteiger partial charge in [-0.25, -0.2) is 22.9 Å². The SMILES string of the molecule is CC(C)(C)OC(=O)N=C(N)N(C(=O)OC(C)(C)C)c1ccc(C(=O)N2CCN(S(=O)(=O)c3ccc4cc(Cl)ccc4c3)CC2)cc1. The molecule has 2 N–H and O–H groups in total. The molecule has 1 aliphatic heterocycles. The van der Waals surface area contributed by atoms with Crippen molar-refractivity contribution < 1.29 is 32.3 Å². The van der Waals surface area contributed by atoms with Gasteiger partial charge in [-0.1, -0.05) is 23.7 Å². The zero-order chi connectivity index (χ0) is 34.0. The fourth-order valence-electron chi connectivity index (χ4n) is 4.64. The van der Waals surface area contributed by atoms with E-state index in [1.807, 2.05) is 0 Å². The van der Waals surface area contributed by atoms with Gasteiger partial charge in [0.25, 0.3) is 5.91 Å². The van der Waals surface area contributed by atoms with E-state index in [0.717, 1.165) is 15.7 Å². The minimum atomic E-state index is -3.78. The highest BCUT2D eigenvalue weighted by Crippen LogP contribution is 2.26. The number of nitrogens with two attached hydrogens (primary N) is 1. The van der Waals surface area contributed by atoms with Crippen LogP contribution in [0.4, 0.5) is 15.3 Å². The fraction of sp³-hybridized carbons (Fsp3) is 0.375. The lowest BCUT2D eigenvalue weighted by atomic mass is 10.1. The van der Waals surface area contributed by atoms with Crippen LogP contribution in [-0.4, -0.2) is 79.1 Å². The second-order valence-electron chi connectivity index (χ2n) is 12.7. The maximum atomic E-state index is 13.4. The molecule has 0 spiro atoms. The van der Waals surface area contributed by atoms with Crippen LogP contribution in [0.2, 0.25) is 5.02 Å². The average Bonchev–Trinajstić information content (AvgIpc) is 2.95. The Hall–Kier alpha value is -4.20. The molecule has 46 heavy (non-hydrogen) atoms. The largest absolute Gasteiger partial charge is 0.443 e. The molecule has 3 aromatic rings. The normalized spacial score (nSPS) is 15.0. The third-order valence-electron chi connectivity index (χ3n) is 6.71. The highest BCUT2D eigenvalue weighted by molar-refractivity contribution is 7.89. The molecule has 0 atom stereocenters. The van der Waals surface area contributed by atoms with Crippen molar-refractivity contribution in [2.75, 3.05) is 31.1 Å². The van der Waals surface area contributed by atoms with Crippen LogP contribution >= 0.6 is 11.6 Å². The number of anilines is 1. The van der Waals surface area contributed by atoms with Crippen LogP contribution in [0, 0.1) is 0 Å². The molecule has 14 heteroatoms. The maximum Gasteiger partial charge on any atom is 0.437 e. The van der Waals surface area contributed by atoms with Crippen molar-refractivity contribution in [3.05, 3.63) is 71.2 Å². The first-order valence-electron chi connectivity index (χ1n) is 14.5. The Morgan fingerprint density at radius 3 is 1.98 bits per heavy atom. The van der Waals surface area contributed by atoms with Crippen LogP contribution in [0.5, 0.6) is 0 Å². The summed E-state index contributed by atoms with van der Waals surface area (Å²) >= 11 is 6.05. The molecule has 0 aliphatic carbocycles. The number of fused-ring (bicyclic) bond motifs is 1. The molecular weight excluding hydrogens is 634 g/mol. The number of sulfonamides is 1. The van der Waals surface area contributed by atoms with Crippen molar-refractivity contribution in [2.24, 2.45) is 10.7 Å². The summed E-state index contributed by atoms with van der Waals surface area (Å²) in [5, 5.41) is 2.15. The summed E-state index contributed by atoms with van der Waals surface area (Å²) in [6, 6.07) is 16.1. The van der Waals surface area contributed by atoms with Crippen LogP contribution in [0.1, 0.15) is 51.9 Å². The van der Waals surface area contributed by atoms with E-state index >= 15 is 0 Å². The molecular formula is C32H38ClN5O7S. The van der Waals surface area contributed by atoms with E-state index in [1.54, 1.807) is 82.8 Å². The topological polar surface area (TPSA) is 152 Å². The quantitative estimate of drug-likeness (QED) is 0.277. The number of halogens is 1. The van der Waals surface area contributed by atoms with Crippen molar-refractivity contribution >= 4 is 62.1 Å². The number of ether oxygens (including phenoxy) is 2. The van der Waals surface area contributed by atoms with E-state index < -0.39 is 39.4 Å². The number of carbonyl (C=O) groups excluding carboxylic acids is 3. The highest BCUT2D eigenvalue weighted by atomic mass is 35.5.